The fraction of sp³-hybridized carbons (Fsp3) is 0.412. The van der Waals surface area contributed by atoms with Crippen LogP contribution in [-0.2, 0) is 6.54 Å². The number of hydrogen-bond acceptors (Lipinski definition) is 3. The Morgan fingerprint density at radius 2 is 1.80 bits per heavy atom. The van der Waals surface area contributed by atoms with E-state index in [1.165, 1.54) is 5.56 Å². The summed E-state index contributed by atoms with van der Waals surface area (Å²) in [6, 6.07) is 12.7. The summed E-state index contributed by atoms with van der Waals surface area (Å²) >= 11 is 0. The van der Waals surface area contributed by atoms with E-state index in [1.807, 2.05) is 6.07 Å². The summed E-state index contributed by atoms with van der Waals surface area (Å²) in [4.78, 5) is 11.7. The standard InChI is InChI=1S/C17H21N3/c1-13-10-14(2)19-17(18-13)16-8-9-20(12-16)11-15-6-4-3-5-7-15/h3-7,10,16H,8-9,11-12H2,1-2H3/t16-/m0/s1. The van der Waals surface area contributed by atoms with Gasteiger partial charge in [0.25, 0.3) is 0 Å². The van der Waals surface area contributed by atoms with Gasteiger partial charge in [-0.25, -0.2) is 9.97 Å². The van der Waals surface area contributed by atoms with Crippen LogP contribution in [0.15, 0.2) is 36.4 Å². The summed E-state index contributed by atoms with van der Waals surface area (Å²) in [5.41, 5.74) is 3.54. The van der Waals surface area contributed by atoms with Gasteiger partial charge in [0.2, 0.25) is 0 Å². The molecule has 0 unspecified atom stereocenters. The minimum absolute atomic E-state index is 0.484. The van der Waals surface area contributed by atoms with Crippen molar-refractivity contribution in [3.63, 3.8) is 0 Å². The molecule has 0 amide bonds. The van der Waals surface area contributed by atoms with Gasteiger partial charge in [-0.2, -0.15) is 0 Å². The van der Waals surface area contributed by atoms with E-state index < -0.39 is 0 Å². The Hall–Kier alpha value is -1.74. The van der Waals surface area contributed by atoms with E-state index >= 15 is 0 Å². The molecule has 1 fully saturated rings. The first-order chi connectivity index (χ1) is 9.70. The number of rotatable bonds is 3. The maximum Gasteiger partial charge on any atom is 0.133 e. The van der Waals surface area contributed by atoms with Crippen molar-refractivity contribution in [3.8, 4) is 0 Å². The van der Waals surface area contributed by atoms with Crippen molar-refractivity contribution in [1.82, 2.24) is 14.9 Å². The highest BCUT2D eigenvalue weighted by Gasteiger charge is 2.26. The van der Waals surface area contributed by atoms with Crippen LogP contribution in [0.5, 0.6) is 0 Å². The zero-order chi connectivity index (χ0) is 13.9. The molecule has 0 saturated carbocycles. The predicted molar refractivity (Wildman–Crippen MR) is 80.6 cm³/mol. The molecule has 20 heavy (non-hydrogen) atoms. The molecule has 1 aromatic carbocycles. The zero-order valence-electron chi connectivity index (χ0n) is 12.2. The lowest BCUT2D eigenvalue weighted by Gasteiger charge is -2.16. The summed E-state index contributed by atoms with van der Waals surface area (Å²) in [5.74, 6) is 1.51. The number of aryl methyl sites for hydroxylation is 2. The molecule has 1 aliphatic heterocycles. The average molecular weight is 267 g/mol. The van der Waals surface area contributed by atoms with Gasteiger partial charge >= 0.3 is 0 Å². The Balaban J connectivity index is 1.67. The lowest BCUT2D eigenvalue weighted by molar-refractivity contribution is 0.325. The Labute approximate surface area is 120 Å². The SMILES string of the molecule is Cc1cc(C)nc([C@H]2CCN(Cc3ccccc3)C2)n1. The van der Waals surface area contributed by atoms with E-state index in [4.69, 9.17) is 0 Å². The lowest BCUT2D eigenvalue weighted by Crippen LogP contribution is -2.20. The highest BCUT2D eigenvalue weighted by atomic mass is 15.2. The molecule has 3 nitrogen and oxygen atoms in total. The van der Waals surface area contributed by atoms with Gasteiger partial charge in [-0.3, -0.25) is 4.90 Å². The van der Waals surface area contributed by atoms with Gasteiger partial charge in [0.15, 0.2) is 0 Å². The van der Waals surface area contributed by atoms with Crippen molar-refractivity contribution in [2.45, 2.75) is 32.7 Å². The summed E-state index contributed by atoms with van der Waals surface area (Å²) in [5, 5.41) is 0. The molecule has 0 bridgehead atoms. The molecule has 1 aromatic heterocycles. The molecular formula is C17H21N3. The van der Waals surface area contributed by atoms with Crippen LogP contribution in [0.3, 0.4) is 0 Å². The Morgan fingerprint density at radius 3 is 2.50 bits per heavy atom. The number of likely N-dealkylation sites (tertiary alicyclic amines) is 1. The molecule has 0 radical (unpaired) electrons. The third-order valence-electron chi connectivity index (χ3n) is 3.89. The van der Waals surface area contributed by atoms with Crippen molar-refractivity contribution < 1.29 is 0 Å². The van der Waals surface area contributed by atoms with Crippen LogP contribution >= 0.6 is 0 Å². The van der Waals surface area contributed by atoms with Gasteiger partial charge in [0.05, 0.1) is 0 Å². The third-order valence-corrected chi connectivity index (χ3v) is 3.89. The second-order valence-corrected chi connectivity index (χ2v) is 5.72. The molecule has 3 heteroatoms. The van der Waals surface area contributed by atoms with Crippen LogP contribution in [0.1, 0.15) is 35.1 Å². The van der Waals surface area contributed by atoms with E-state index in [1.54, 1.807) is 0 Å². The molecular weight excluding hydrogens is 246 g/mol. The monoisotopic (exact) mass is 267 g/mol. The third kappa shape index (κ3) is 3.05. The fourth-order valence-electron chi connectivity index (χ4n) is 2.96. The molecule has 1 atom stereocenters. The Morgan fingerprint density at radius 1 is 1.10 bits per heavy atom. The van der Waals surface area contributed by atoms with Gasteiger partial charge in [-0.1, -0.05) is 30.3 Å². The van der Waals surface area contributed by atoms with Crippen LogP contribution in [0, 0.1) is 13.8 Å². The van der Waals surface area contributed by atoms with E-state index in [2.05, 4.69) is 59.0 Å². The number of aromatic nitrogens is 2. The van der Waals surface area contributed by atoms with Crippen LogP contribution in [0.4, 0.5) is 0 Å². The predicted octanol–water partition coefficient (Wildman–Crippen LogP) is 3.08. The molecule has 3 rings (SSSR count). The molecule has 1 saturated heterocycles. The smallest absolute Gasteiger partial charge is 0.133 e. The second-order valence-electron chi connectivity index (χ2n) is 5.72. The van der Waals surface area contributed by atoms with Gasteiger partial charge < -0.3 is 0 Å². The minimum Gasteiger partial charge on any atom is -0.298 e. The highest BCUT2D eigenvalue weighted by molar-refractivity contribution is 5.16. The largest absolute Gasteiger partial charge is 0.298 e. The first-order valence-electron chi connectivity index (χ1n) is 7.29. The van der Waals surface area contributed by atoms with Crippen LogP contribution in [-0.4, -0.2) is 28.0 Å². The molecule has 1 aliphatic rings. The summed E-state index contributed by atoms with van der Waals surface area (Å²) < 4.78 is 0. The van der Waals surface area contributed by atoms with Crippen molar-refractivity contribution in [1.29, 1.82) is 0 Å². The van der Waals surface area contributed by atoms with Gasteiger partial charge in [0, 0.05) is 30.4 Å². The quantitative estimate of drug-likeness (QED) is 0.855. The van der Waals surface area contributed by atoms with E-state index in [-0.39, 0.29) is 0 Å². The number of hydrogen-bond donors (Lipinski definition) is 0. The number of benzene rings is 1. The summed E-state index contributed by atoms with van der Waals surface area (Å²) in [6.07, 6.45) is 1.16. The normalized spacial score (nSPS) is 19.4. The first kappa shape index (κ1) is 13.3. The zero-order valence-corrected chi connectivity index (χ0v) is 12.2. The first-order valence-corrected chi connectivity index (χ1v) is 7.29. The van der Waals surface area contributed by atoms with Crippen molar-refractivity contribution >= 4 is 0 Å². The molecule has 104 valence electrons. The highest BCUT2D eigenvalue weighted by Crippen LogP contribution is 2.26. The van der Waals surface area contributed by atoms with Crippen LogP contribution < -0.4 is 0 Å². The molecule has 0 N–H and O–H groups in total. The summed E-state index contributed by atoms with van der Waals surface area (Å²) in [6.45, 7) is 7.33. The van der Waals surface area contributed by atoms with E-state index in [9.17, 15) is 0 Å². The fourth-order valence-corrected chi connectivity index (χ4v) is 2.96. The van der Waals surface area contributed by atoms with Crippen molar-refractivity contribution in [2.24, 2.45) is 0 Å². The molecule has 0 spiro atoms. The van der Waals surface area contributed by atoms with Crippen LogP contribution in [0.2, 0.25) is 0 Å². The minimum atomic E-state index is 0.484. The van der Waals surface area contributed by atoms with Gasteiger partial charge in [-0.15, -0.1) is 0 Å². The van der Waals surface area contributed by atoms with Gasteiger partial charge in [-0.05, 0) is 38.4 Å². The topological polar surface area (TPSA) is 29.0 Å². The average Bonchev–Trinajstić information content (AvgIpc) is 2.87. The molecule has 0 aliphatic carbocycles. The molecule has 2 heterocycles. The second kappa shape index (κ2) is 5.71. The molecule has 2 aromatic rings. The van der Waals surface area contributed by atoms with Crippen molar-refractivity contribution in [3.05, 3.63) is 59.2 Å². The lowest BCUT2D eigenvalue weighted by atomic mass is 10.1. The maximum atomic E-state index is 4.62. The maximum absolute atomic E-state index is 4.62. The number of nitrogens with zero attached hydrogens (tertiary/aromatic N) is 3. The van der Waals surface area contributed by atoms with Gasteiger partial charge in [0.1, 0.15) is 5.82 Å². The Kier molecular flexibility index (Phi) is 3.79. The van der Waals surface area contributed by atoms with E-state index in [0.717, 1.165) is 43.3 Å². The Bertz CT molecular complexity index is 560. The van der Waals surface area contributed by atoms with Crippen LogP contribution in [0.25, 0.3) is 0 Å². The summed E-state index contributed by atoms with van der Waals surface area (Å²) in [7, 11) is 0. The van der Waals surface area contributed by atoms with Crippen molar-refractivity contribution in [2.75, 3.05) is 13.1 Å². The van der Waals surface area contributed by atoms with E-state index in [0.29, 0.717) is 5.92 Å².